The predicted octanol–water partition coefficient (Wildman–Crippen LogP) is 1.38. The largest absolute Gasteiger partial charge is 0.408 e. The molecule has 1 rings (SSSR count). The molecule has 0 atom stereocenters. The molecule has 120 valence electrons. The van der Waals surface area contributed by atoms with Crippen LogP contribution >= 0.6 is 15.9 Å². The quantitative estimate of drug-likeness (QED) is 0.673. The van der Waals surface area contributed by atoms with E-state index in [2.05, 4.69) is 26.3 Å². The highest BCUT2D eigenvalue weighted by Crippen LogP contribution is 2.19. The van der Waals surface area contributed by atoms with Crippen LogP contribution in [0.3, 0.4) is 0 Å². The molecular weight excluding hydrogens is 359 g/mol. The molecule has 2 N–H and O–H groups in total. The maximum absolute atomic E-state index is 12.2. The number of rotatable bonds is 8. The van der Waals surface area contributed by atoms with Crippen LogP contribution in [0.25, 0.3) is 0 Å². The fourth-order valence-electron chi connectivity index (χ4n) is 1.43. The molecule has 0 amide bonds. The number of aliphatic hydroxyl groups excluding tert-OH is 1. The number of aromatic nitrogens is 2. The monoisotopic (exact) mass is 373 g/mol. The Morgan fingerprint density at radius 1 is 1.43 bits per heavy atom. The number of nitrogens with one attached hydrogen (secondary N) is 1. The SMILES string of the molecule is O=c1c(Br)c(NCCCOCCO)cnn1CC(F)(F)F. The van der Waals surface area contributed by atoms with Crippen LogP contribution in [0.5, 0.6) is 0 Å². The zero-order valence-electron chi connectivity index (χ0n) is 11.0. The van der Waals surface area contributed by atoms with Gasteiger partial charge in [-0.15, -0.1) is 0 Å². The van der Waals surface area contributed by atoms with Gasteiger partial charge in [0.1, 0.15) is 11.0 Å². The van der Waals surface area contributed by atoms with Crippen molar-refractivity contribution < 1.29 is 23.0 Å². The number of nitrogens with zero attached hydrogens (tertiary/aromatic N) is 2. The van der Waals surface area contributed by atoms with Crippen LogP contribution in [-0.4, -0.2) is 47.4 Å². The second-order valence-electron chi connectivity index (χ2n) is 4.07. The van der Waals surface area contributed by atoms with Crippen LogP contribution in [0.1, 0.15) is 6.42 Å². The fraction of sp³-hybridized carbons (Fsp3) is 0.636. The Kier molecular flexibility index (Phi) is 7.12. The van der Waals surface area contributed by atoms with Gasteiger partial charge < -0.3 is 15.2 Å². The normalized spacial score (nSPS) is 11.7. The van der Waals surface area contributed by atoms with E-state index in [1.54, 1.807) is 0 Å². The molecule has 1 aromatic heterocycles. The molecule has 6 nitrogen and oxygen atoms in total. The minimum atomic E-state index is -4.50. The van der Waals surface area contributed by atoms with Gasteiger partial charge in [-0.2, -0.15) is 18.3 Å². The van der Waals surface area contributed by atoms with Gasteiger partial charge >= 0.3 is 6.18 Å². The van der Waals surface area contributed by atoms with Gasteiger partial charge in [-0.3, -0.25) is 4.79 Å². The Bertz CT molecular complexity index is 508. The van der Waals surface area contributed by atoms with E-state index in [0.29, 0.717) is 29.9 Å². The molecule has 0 saturated heterocycles. The molecule has 0 unspecified atom stereocenters. The first-order valence-corrected chi connectivity index (χ1v) is 6.89. The maximum Gasteiger partial charge on any atom is 0.408 e. The molecule has 0 radical (unpaired) electrons. The number of halogens is 4. The number of hydrogen-bond donors (Lipinski definition) is 2. The van der Waals surface area contributed by atoms with Crippen molar-refractivity contribution >= 4 is 21.6 Å². The zero-order chi connectivity index (χ0) is 15.9. The summed E-state index contributed by atoms with van der Waals surface area (Å²) in [7, 11) is 0. The highest BCUT2D eigenvalue weighted by atomic mass is 79.9. The van der Waals surface area contributed by atoms with E-state index in [0.717, 1.165) is 6.20 Å². The molecule has 0 fully saturated rings. The maximum atomic E-state index is 12.2. The average molecular weight is 374 g/mol. The van der Waals surface area contributed by atoms with E-state index in [-0.39, 0.29) is 17.7 Å². The van der Waals surface area contributed by atoms with Crippen LogP contribution in [0.2, 0.25) is 0 Å². The molecule has 0 aliphatic rings. The number of alkyl halides is 3. The lowest BCUT2D eigenvalue weighted by Gasteiger charge is -2.11. The summed E-state index contributed by atoms with van der Waals surface area (Å²) in [5.74, 6) is 0. The molecule has 10 heteroatoms. The van der Waals surface area contributed by atoms with E-state index in [1.807, 2.05) is 0 Å². The molecule has 0 aliphatic carbocycles. The van der Waals surface area contributed by atoms with Crippen LogP contribution < -0.4 is 10.9 Å². The molecule has 0 saturated carbocycles. The van der Waals surface area contributed by atoms with Gasteiger partial charge in [0.15, 0.2) is 0 Å². The van der Waals surface area contributed by atoms with Gasteiger partial charge in [0, 0.05) is 13.2 Å². The smallest absolute Gasteiger partial charge is 0.394 e. The van der Waals surface area contributed by atoms with Gasteiger partial charge in [-0.1, -0.05) is 0 Å². The minimum Gasteiger partial charge on any atom is -0.394 e. The first-order chi connectivity index (χ1) is 9.85. The summed E-state index contributed by atoms with van der Waals surface area (Å²) in [6.07, 6.45) is -2.74. The summed E-state index contributed by atoms with van der Waals surface area (Å²) in [6, 6.07) is 0. The molecule has 0 bridgehead atoms. The van der Waals surface area contributed by atoms with Gasteiger partial charge in [0.05, 0.1) is 25.1 Å². The molecule has 1 heterocycles. The summed E-state index contributed by atoms with van der Waals surface area (Å²) in [4.78, 5) is 11.7. The van der Waals surface area contributed by atoms with Gasteiger partial charge in [0.25, 0.3) is 5.56 Å². The molecule has 0 aromatic carbocycles. The summed E-state index contributed by atoms with van der Waals surface area (Å²) >= 11 is 2.97. The third-order valence-electron chi connectivity index (χ3n) is 2.33. The summed E-state index contributed by atoms with van der Waals surface area (Å²) in [5, 5.41) is 14.9. The van der Waals surface area contributed by atoms with Gasteiger partial charge in [-0.05, 0) is 22.4 Å². The average Bonchev–Trinajstić information content (AvgIpc) is 2.40. The Morgan fingerprint density at radius 3 is 2.76 bits per heavy atom. The predicted molar refractivity (Wildman–Crippen MR) is 73.3 cm³/mol. The van der Waals surface area contributed by atoms with E-state index in [4.69, 9.17) is 9.84 Å². The van der Waals surface area contributed by atoms with E-state index < -0.39 is 18.3 Å². The highest BCUT2D eigenvalue weighted by Gasteiger charge is 2.29. The lowest BCUT2D eigenvalue weighted by atomic mass is 10.4. The Balaban J connectivity index is 2.57. The molecular formula is C11H15BrF3N3O3. The molecule has 0 aliphatic heterocycles. The standard InChI is InChI=1S/C11H15BrF3N3O3/c12-9-8(16-2-1-4-21-5-3-19)6-17-18(10(9)20)7-11(13,14)15/h6,16,19H,1-5,7H2. The number of ether oxygens (including phenoxy) is 1. The van der Waals surface area contributed by atoms with Crippen molar-refractivity contribution in [3.63, 3.8) is 0 Å². The lowest BCUT2D eigenvalue weighted by Crippen LogP contribution is -2.31. The Hall–Kier alpha value is -1.13. The topological polar surface area (TPSA) is 76.4 Å². The van der Waals surface area contributed by atoms with Gasteiger partial charge in [-0.25, -0.2) is 4.68 Å². The van der Waals surface area contributed by atoms with Gasteiger partial charge in [0.2, 0.25) is 0 Å². The Labute approximate surface area is 127 Å². The van der Waals surface area contributed by atoms with Crippen molar-refractivity contribution in [1.29, 1.82) is 0 Å². The van der Waals surface area contributed by atoms with Crippen molar-refractivity contribution in [1.82, 2.24) is 9.78 Å². The van der Waals surface area contributed by atoms with Crippen LogP contribution in [0, 0.1) is 0 Å². The second kappa shape index (κ2) is 8.35. The van der Waals surface area contributed by atoms with Crippen molar-refractivity contribution in [3.05, 3.63) is 21.0 Å². The van der Waals surface area contributed by atoms with Crippen LogP contribution in [0.4, 0.5) is 18.9 Å². The zero-order valence-corrected chi connectivity index (χ0v) is 12.6. The van der Waals surface area contributed by atoms with Crippen molar-refractivity contribution in [2.24, 2.45) is 0 Å². The van der Waals surface area contributed by atoms with E-state index in [1.165, 1.54) is 0 Å². The third-order valence-corrected chi connectivity index (χ3v) is 3.10. The number of aliphatic hydroxyl groups is 1. The molecule has 21 heavy (non-hydrogen) atoms. The van der Waals surface area contributed by atoms with Crippen LogP contribution in [-0.2, 0) is 11.3 Å². The van der Waals surface area contributed by atoms with Crippen LogP contribution in [0.15, 0.2) is 15.5 Å². The van der Waals surface area contributed by atoms with Crippen molar-refractivity contribution in [2.75, 3.05) is 31.7 Å². The summed E-state index contributed by atoms with van der Waals surface area (Å²) in [5.41, 5.74) is -0.533. The number of anilines is 1. The first-order valence-electron chi connectivity index (χ1n) is 6.10. The minimum absolute atomic E-state index is 0.00183. The molecule has 1 aromatic rings. The van der Waals surface area contributed by atoms with E-state index in [9.17, 15) is 18.0 Å². The number of hydrogen-bond acceptors (Lipinski definition) is 5. The first kappa shape index (κ1) is 17.9. The third kappa shape index (κ3) is 6.44. The van der Waals surface area contributed by atoms with Crippen molar-refractivity contribution in [2.45, 2.75) is 19.1 Å². The Morgan fingerprint density at radius 2 is 2.14 bits per heavy atom. The highest BCUT2D eigenvalue weighted by molar-refractivity contribution is 9.10. The van der Waals surface area contributed by atoms with Crippen molar-refractivity contribution in [3.8, 4) is 0 Å². The summed E-state index contributed by atoms with van der Waals surface area (Å²) < 4.78 is 42.1. The lowest BCUT2D eigenvalue weighted by molar-refractivity contribution is -0.143. The molecule has 0 spiro atoms. The summed E-state index contributed by atoms with van der Waals surface area (Å²) in [6.45, 7) is -0.364. The second-order valence-corrected chi connectivity index (χ2v) is 4.86. The van der Waals surface area contributed by atoms with E-state index >= 15 is 0 Å². The fourth-order valence-corrected chi connectivity index (χ4v) is 1.88.